The van der Waals surface area contributed by atoms with Gasteiger partial charge in [0.15, 0.2) is 0 Å². The maximum Gasteiger partial charge on any atom is 0.144 e. The minimum Gasteiger partial charge on any atom is -0.472 e. The Morgan fingerprint density at radius 3 is 3.17 bits per heavy atom. The van der Waals surface area contributed by atoms with Gasteiger partial charge in [0.25, 0.3) is 0 Å². The molecule has 0 amide bonds. The van der Waals surface area contributed by atoms with Gasteiger partial charge in [-0.3, -0.25) is 0 Å². The van der Waals surface area contributed by atoms with Gasteiger partial charge in [0.2, 0.25) is 0 Å². The topological polar surface area (TPSA) is 61.9 Å². The summed E-state index contributed by atoms with van der Waals surface area (Å²) in [6, 6.07) is 6.07. The summed E-state index contributed by atoms with van der Waals surface area (Å²) >= 11 is 0. The van der Waals surface area contributed by atoms with Gasteiger partial charge < -0.3 is 9.73 Å². The lowest BCUT2D eigenvalue weighted by molar-refractivity contribution is 0.564. The largest absolute Gasteiger partial charge is 0.472 e. The van der Waals surface area contributed by atoms with Gasteiger partial charge in [0.1, 0.15) is 11.9 Å². The van der Waals surface area contributed by atoms with Crippen LogP contribution in [0.1, 0.15) is 28.8 Å². The zero-order valence-corrected chi connectivity index (χ0v) is 9.94. The standard InChI is InChI=1S/C14H13N3O/c15-7-12-6-11-2-1-3-13(11)17-14(12)16-8-10-4-5-18-9-10/h4-6,9H,1-3,8H2,(H,16,17). The van der Waals surface area contributed by atoms with Crippen molar-refractivity contribution in [1.29, 1.82) is 5.26 Å². The summed E-state index contributed by atoms with van der Waals surface area (Å²) in [5, 5.41) is 12.4. The monoisotopic (exact) mass is 239 g/mol. The first-order valence-electron chi connectivity index (χ1n) is 6.04. The van der Waals surface area contributed by atoms with Gasteiger partial charge in [0.05, 0.1) is 18.1 Å². The Morgan fingerprint density at radius 1 is 1.44 bits per heavy atom. The fraction of sp³-hybridized carbons (Fsp3) is 0.286. The number of rotatable bonds is 3. The highest BCUT2D eigenvalue weighted by atomic mass is 16.3. The van der Waals surface area contributed by atoms with Crippen LogP contribution in [0.5, 0.6) is 0 Å². The summed E-state index contributed by atoms with van der Waals surface area (Å²) in [5.41, 5.74) is 4.02. The Morgan fingerprint density at radius 2 is 2.39 bits per heavy atom. The number of anilines is 1. The normalized spacial score (nSPS) is 13.1. The van der Waals surface area contributed by atoms with E-state index in [-0.39, 0.29) is 0 Å². The van der Waals surface area contributed by atoms with Crippen LogP contribution in [0.2, 0.25) is 0 Å². The molecule has 0 bridgehead atoms. The quantitative estimate of drug-likeness (QED) is 0.894. The molecule has 1 aliphatic rings. The zero-order chi connectivity index (χ0) is 12.4. The molecular weight excluding hydrogens is 226 g/mol. The number of nitriles is 1. The number of aryl methyl sites for hydroxylation is 2. The van der Waals surface area contributed by atoms with Crippen LogP contribution >= 0.6 is 0 Å². The van der Waals surface area contributed by atoms with E-state index in [4.69, 9.17) is 9.68 Å². The molecule has 1 N–H and O–H groups in total. The SMILES string of the molecule is N#Cc1cc2c(nc1NCc1ccoc1)CCC2. The molecule has 3 rings (SSSR count). The molecule has 0 spiro atoms. The first-order valence-corrected chi connectivity index (χ1v) is 6.04. The second-order valence-electron chi connectivity index (χ2n) is 4.44. The fourth-order valence-electron chi connectivity index (χ4n) is 2.27. The van der Waals surface area contributed by atoms with Crippen molar-refractivity contribution in [2.75, 3.05) is 5.32 Å². The maximum absolute atomic E-state index is 9.16. The molecular formula is C14H13N3O. The Balaban J connectivity index is 1.85. The minimum atomic E-state index is 0.622. The van der Waals surface area contributed by atoms with Crippen LogP contribution in [0.25, 0.3) is 0 Å². The van der Waals surface area contributed by atoms with Crippen molar-refractivity contribution in [3.8, 4) is 6.07 Å². The second kappa shape index (κ2) is 4.53. The molecule has 0 saturated heterocycles. The van der Waals surface area contributed by atoms with Crippen molar-refractivity contribution < 1.29 is 4.42 Å². The Hall–Kier alpha value is -2.28. The number of hydrogen-bond acceptors (Lipinski definition) is 4. The van der Waals surface area contributed by atoms with E-state index in [1.165, 1.54) is 5.56 Å². The van der Waals surface area contributed by atoms with E-state index in [1.807, 2.05) is 12.1 Å². The molecule has 0 aliphatic heterocycles. The van der Waals surface area contributed by atoms with Crippen molar-refractivity contribution in [1.82, 2.24) is 4.98 Å². The van der Waals surface area contributed by atoms with E-state index in [1.54, 1.807) is 12.5 Å². The van der Waals surface area contributed by atoms with Crippen LogP contribution in [0.3, 0.4) is 0 Å². The molecule has 0 radical (unpaired) electrons. The predicted octanol–water partition coefficient (Wildman–Crippen LogP) is 2.65. The number of fused-ring (bicyclic) bond motifs is 1. The summed E-state index contributed by atoms with van der Waals surface area (Å²) in [5.74, 6) is 0.680. The van der Waals surface area contributed by atoms with Gasteiger partial charge >= 0.3 is 0 Å². The van der Waals surface area contributed by atoms with E-state index in [0.29, 0.717) is 17.9 Å². The van der Waals surface area contributed by atoms with Crippen LogP contribution in [0, 0.1) is 11.3 Å². The van der Waals surface area contributed by atoms with Crippen molar-refractivity contribution in [3.05, 3.63) is 47.0 Å². The lowest BCUT2D eigenvalue weighted by atomic mass is 10.1. The molecule has 90 valence electrons. The average molecular weight is 239 g/mol. The van der Waals surface area contributed by atoms with E-state index in [0.717, 1.165) is 30.5 Å². The number of pyridine rings is 1. The number of nitrogens with zero attached hydrogens (tertiary/aromatic N) is 2. The van der Waals surface area contributed by atoms with Gasteiger partial charge in [-0.2, -0.15) is 5.26 Å². The molecule has 0 atom stereocenters. The maximum atomic E-state index is 9.16. The van der Waals surface area contributed by atoms with Crippen LogP contribution in [0.4, 0.5) is 5.82 Å². The number of nitrogens with one attached hydrogen (secondary N) is 1. The highest BCUT2D eigenvalue weighted by Gasteiger charge is 2.16. The van der Waals surface area contributed by atoms with Crippen molar-refractivity contribution in [2.24, 2.45) is 0 Å². The molecule has 0 aromatic carbocycles. The van der Waals surface area contributed by atoms with Crippen LogP contribution in [-0.2, 0) is 19.4 Å². The number of aromatic nitrogens is 1. The van der Waals surface area contributed by atoms with E-state index >= 15 is 0 Å². The molecule has 0 unspecified atom stereocenters. The first-order chi connectivity index (χ1) is 8.86. The average Bonchev–Trinajstić information content (AvgIpc) is 3.05. The highest BCUT2D eigenvalue weighted by molar-refractivity contribution is 5.55. The summed E-state index contributed by atoms with van der Waals surface area (Å²) in [6.07, 6.45) is 6.52. The van der Waals surface area contributed by atoms with Crippen molar-refractivity contribution in [2.45, 2.75) is 25.8 Å². The third-order valence-electron chi connectivity index (χ3n) is 3.21. The number of furan rings is 1. The Bertz CT molecular complexity index is 596. The summed E-state index contributed by atoms with van der Waals surface area (Å²) in [7, 11) is 0. The molecule has 4 heteroatoms. The van der Waals surface area contributed by atoms with E-state index < -0.39 is 0 Å². The third-order valence-corrected chi connectivity index (χ3v) is 3.21. The first kappa shape index (κ1) is 10.8. The molecule has 18 heavy (non-hydrogen) atoms. The molecule has 2 heterocycles. The van der Waals surface area contributed by atoms with Gasteiger partial charge in [0, 0.05) is 17.8 Å². The smallest absolute Gasteiger partial charge is 0.144 e. The van der Waals surface area contributed by atoms with Crippen LogP contribution in [0.15, 0.2) is 29.1 Å². The summed E-state index contributed by atoms with van der Waals surface area (Å²) in [4.78, 5) is 4.56. The highest BCUT2D eigenvalue weighted by Crippen LogP contribution is 2.25. The van der Waals surface area contributed by atoms with Crippen molar-refractivity contribution >= 4 is 5.82 Å². The van der Waals surface area contributed by atoms with Crippen LogP contribution in [-0.4, -0.2) is 4.98 Å². The Kier molecular flexibility index (Phi) is 2.73. The Labute approximate surface area is 105 Å². The molecule has 0 saturated carbocycles. The molecule has 2 aromatic rings. The molecule has 0 fully saturated rings. The lowest BCUT2D eigenvalue weighted by Gasteiger charge is -2.08. The van der Waals surface area contributed by atoms with Crippen LogP contribution < -0.4 is 5.32 Å². The third kappa shape index (κ3) is 1.95. The fourth-order valence-corrected chi connectivity index (χ4v) is 2.27. The molecule has 4 nitrogen and oxygen atoms in total. The predicted molar refractivity (Wildman–Crippen MR) is 67.0 cm³/mol. The van der Waals surface area contributed by atoms with Gasteiger partial charge in [-0.25, -0.2) is 4.98 Å². The summed E-state index contributed by atoms with van der Waals surface area (Å²) < 4.78 is 5.01. The second-order valence-corrected chi connectivity index (χ2v) is 4.44. The van der Waals surface area contributed by atoms with Gasteiger partial charge in [-0.1, -0.05) is 0 Å². The van der Waals surface area contributed by atoms with Gasteiger partial charge in [-0.05, 0) is 37.0 Å². The molecule has 2 aromatic heterocycles. The van der Waals surface area contributed by atoms with Gasteiger partial charge in [-0.15, -0.1) is 0 Å². The minimum absolute atomic E-state index is 0.622. The van der Waals surface area contributed by atoms with E-state index in [2.05, 4.69) is 16.4 Å². The zero-order valence-electron chi connectivity index (χ0n) is 9.94. The lowest BCUT2D eigenvalue weighted by Crippen LogP contribution is -2.05. The number of hydrogen-bond donors (Lipinski definition) is 1. The molecule has 1 aliphatic carbocycles. The van der Waals surface area contributed by atoms with Crippen molar-refractivity contribution in [3.63, 3.8) is 0 Å². The summed E-state index contributed by atoms with van der Waals surface area (Å²) in [6.45, 7) is 0.622. The van der Waals surface area contributed by atoms with E-state index in [9.17, 15) is 0 Å².